The Hall–Kier alpha value is -4.43. The zero-order valence-electron chi connectivity index (χ0n) is 23.9. The third-order valence-electron chi connectivity index (χ3n) is 7.50. The smallest absolute Gasteiger partial charge is 0.137 e. The molecule has 0 saturated heterocycles. The first-order chi connectivity index (χ1) is 20.2. The molecule has 0 amide bonds. The van der Waals surface area contributed by atoms with Crippen LogP contribution in [0.25, 0.3) is 28.1 Å². The zero-order chi connectivity index (χ0) is 28.6. The molecule has 4 aromatic rings. The average molecular weight is 547 g/mol. The summed E-state index contributed by atoms with van der Waals surface area (Å²) in [6.07, 6.45) is 14.4. The van der Waals surface area contributed by atoms with Gasteiger partial charge < -0.3 is 16.4 Å². The number of aromatic nitrogens is 4. The van der Waals surface area contributed by atoms with Gasteiger partial charge in [0.1, 0.15) is 11.7 Å². The Bertz CT molecular complexity index is 1520. The first-order valence-electron chi connectivity index (χ1n) is 14.5. The van der Waals surface area contributed by atoms with Gasteiger partial charge in [0, 0.05) is 59.2 Å². The van der Waals surface area contributed by atoms with Crippen molar-refractivity contribution in [1.29, 1.82) is 0 Å². The number of anilines is 2. The van der Waals surface area contributed by atoms with E-state index in [1.807, 2.05) is 56.6 Å². The number of nitrogen functional groups attached to an aromatic ring is 1. The number of hydrogen-bond acceptors (Lipinski definition) is 8. The summed E-state index contributed by atoms with van der Waals surface area (Å²) in [5.41, 5.74) is 14.1. The molecule has 1 aliphatic carbocycles. The lowest BCUT2D eigenvalue weighted by molar-refractivity contribution is 0.489. The molecule has 0 atom stereocenters. The van der Waals surface area contributed by atoms with E-state index in [0.717, 1.165) is 64.0 Å². The lowest BCUT2D eigenvalue weighted by Gasteiger charge is -2.21. The second kappa shape index (κ2) is 13.3. The number of pyridine rings is 4. The monoisotopic (exact) mass is 546 g/mol. The van der Waals surface area contributed by atoms with Crippen molar-refractivity contribution in [1.82, 2.24) is 25.3 Å². The van der Waals surface area contributed by atoms with Gasteiger partial charge in [0.2, 0.25) is 0 Å². The Labute approximate surface area is 242 Å². The molecule has 8 heteroatoms. The highest BCUT2D eigenvalue weighted by atomic mass is 15.1. The molecular weight excluding hydrogens is 508 g/mol. The van der Waals surface area contributed by atoms with Crippen LogP contribution >= 0.6 is 0 Å². The predicted octanol–water partition coefficient (Wildman–Crippen LogP) is 6.53. The number of nitrogens with zero attached hydrogens (tertiary/aromatic N) is 5. The van der Waals surface area contributed by atoms with Gasteiger partial charge in [0.05, 0.1) is 29.8 Å². The van der Waals surface area contributed by atoms with Crippen LogP contribution in [0, 0.1) is 5.92 Å². The Morgan fingerprint density at radius 2 is 1.85 bits per heavy atom. The van der Waals surface area contributed by atoms with Crippen LogP contribution in [0.1, 0.15) is 56.2 Å². The van der Waals surface area contributed by atoms with Gasteiger partial charge in [0.15, 0.2) is 0 Å². The van der Waals surface area contributed by atoms with Crippen LogP contribution in [-0.2, 0) is 13.1 Å². The largest absolute Gasteiger partial charge is 0.397 e. The Kier molecular flexibility index (Phi) is 9.11. The van der Waals surface area contributed by atoms with E-state index in [2.05, 4.69) is 43.2 Å². The number of fused-ring (bicyclic) bond motifs is 1. The van der Waals surface area contributed by atoms with E-state index < -0.39 is 0 Å². The second-order valence-corrected chi connectivity index (χ2v) is 10.2. The summed E-state index contributed by atoms with van der Waals surface area (Å²) in [7, 11) is 0. The summed E-state index contributed by atoms with van der Waals surface area (Å²) in [5, 5.41) is 6.96. The van der Waals surface area contributed by atoms with E-state index in [1.54, 1.807) is 18.6 Å². The third-order valence-corrected chi connectivity index (χ3v) is 7.50. The summed E-state index contributed by atoms with van der Waals surface area (Å²) in [5.74, 6) is 2.19. The molecule has 0 spiro atoms. The van der Waals surface area contributed by atoms with Gasteiger partial charge in [-0.05, 0) is 61.2 Å². The molecule has 41 heavy (non-hydrogen) atoms. The molecule has 2 aliphatic rings. The Morgan fingerprint density at radius 3 is 2.66 bits per heavy atom. The molecule has 4 aromatic heterocycles. The fourth-order valence-electron chi connectivity index (χ4n) is 5.38. The van der Waals surface area contributed by atoms with E-state index in [-0.39, 0.29) is 0 Å². The average Bonchev–Trinajstić information content (AvgIpc) is 3.56. The summed E-state index contributed by atoms with van der Waals surface area (Å²) in [4.78, 5) is 22.9. The highest BCUT2D eigenvalue weighted by Crippen LogP contribution is 2.33. The van der Waals surface area contributed by atoms with Crippen molar-refractivity contribution in [3.63, 3.8) is 0 Å². The zero-order valence-corrected chi connectivity index (χ0v) is 23.9. The van der Waals surface area contributed by atoms with Crippen LogP contribution in [0.15, 0.2) is 79.0 Å². The van der Waals surface area contributed by atoms with Gasteiger partial charge in [-0.3, -0.25) is 19.9 Å². The van der Waals surface area contributed by atoms with Gasteiger partial charge in [-0.2, -0.15) is 0 Å². The number of amidine groups is 1. The lowest BCUT2D eigenvalue weighted by atomic mass is 10.00. The predicted molar refractivity (Wildman–Crippen MR) is 168 cm³/mol. The molecule has 6 rings (SSSR count). The van der Waals surface area contributed by atoms with Crippen molar-refractivity contribution < 1.29 is 0 Å². The summed E-state index contributed by atoms with van der Waals surface area (Å²) in [6, 6.07) is 11.9. The third kappa shape index (κ3) is 6.49. The van der Waals surface area contributed by atoms with E-state index in [0.29, 0.717) is 23.6 Å². The van der Waals surface area contributed by atoms with Crippen molar-refractivity contribution >= 4 is 22.9 Å². The normalized spacial score (nSPS) is 14.3. The van der Waals surface area contributed by atoms with Crippen LogP contribution < -0.4 is 16.4 Å². The lowest BCUT2D eigenvalue weighted by Crippen LogP contribution is -2.21. The molecule has 4 N–H and O–H groups in total. The molecule has 1 aliphatic heterocycles. The molecule has 5 heterocycles. The van der Waals surface area contributed by atoms with Crippen LogP contribution in [0.5, 0.6) is 0 Å². The summed E-state index contributed by atoms with van der Waals surface area (Å²) in [6.45, 7) is 10.6. The Morgan fingerprint density at radius 1 is 1.00 bits per heavy atom. The van der Waals surface area contributed by atoms with Crippen LogP contribution in [0.2, 0.25) is 0 Å². The molecule has 0 radical (unpaired) electrons. The first kappa shape index (κ1) is 28.1. The maximum atomic E-state index is 6.37. The summed E-state index contributed by atoms with van der Waals surface area (Å²) < 4.78 is 0. The van der Waals surface area contributed by atoms with Crippen LogP contribution in [0.4, 0.5) is 11.5 Å². The minimum atomic E-state index is 0.466. The maximum Gasteiger partial charge on any atom is 0.137 e. The fraction of sp³-hybridized carbons (Fsp3) is 0.303. The molecule has 8 nitrogen and oxygen atoms in total. The van der Waals surface area contributed by atoms with Gasteiger partial charge >= 0.3 is 0 Å². The van der Waals surface area contributed by atoms with E-state index in [9.17, 15) is 0 Å². The van der Waals surface area contributed by atoms with Gasteiger partial charge in [0.25, 0.3) is 0 Å². The van der Waals surface area contributed by atoms with Gasteiger partial charge in [-0.25, -0.2) is 4.98 Å². The van der Waals surface area contributed by atoms with Crippen LogP contribution in [-0.4, -0.2) is 32.3 Å². The highest BCUT2D eigenvalue weighted by molar-refractivity contribution is 6.29. The molecule has 0 unspecified atom stereocenters. The van der Waals surface area contributed by atoms with E-state index >= 15 is 0 Å². The van der Waals surface area contributed by atoms with Crippen LogP contribution in [0.3, 0.4) is 0 Å². The number of nitrogens with two attached hydrogens (primary N) is 1. The standard InChI is InChI=1S/C31H32N8.C2H6/c1-20(30-38-18-26-24(9-11-36-31(26)39-30)28-8-4-5-10-35-28)25-13-29(37-19-27(25)32)23-12-22(16-34-17-23)15-33-14-21-6-2-3-7-21;1-2/h4-5,8-13,16-17,19,21,33H,1-3,6-7,14-15,18,32H2,(H,36,38,39);1-2H3. The Balaban J connectivity index is 0.00000165. The number of nitrogens with one attached hydrogen (secondary N) is 2. The van der Waals surface area contributed by atoms with Gasteiger partial charge in [-0.1, -0.05) is 39.3 Å². The van der Waals surface area contributed by atoms with E-state index in [4.69, 9.17) is 10.7 Å². The molecule has 1 saturated carbocycles. The SMILES string of the molecule is C=C(C1=NCc2c(-c3ccccn3)ccnc2N1)c1cc(-c2cncc(CNCC3CCCC3)c2)ncc1N.CC. The minimum absolute atomic E-state index is 0.466. The summed E-state index contributed by atoms with van der Waals surface area (Å²) >= 11 is 0. The highest BCUT2D eigenvalue weighted by Gasteiger charge is 2.21. The number of rotatable bonds is 8. The molecule has 1 fully saturated rings. The molecule has 0 bridgehead atoms. The maximum absolute atomic E-state index is 6.37. The van der Waals surface area contributed by atoms with Crippen molar-refractivity contribution in [3.05, 3.63) is 90.7 Å². The van der Waals surface area contributed by atoms with Gasteiger partial charge in [-0.15, -0.1) is 0 Å². The number of aliphatic imine (C=N–C) groups is 1. The molecule has 0 aromatic carbocycles. The molecule has 210 valence electrons. The van der Waals surface area contributed by atoms with Crippen molar-refractivity contribution in [2.24, 2.45) is 10.9 Å². The fourth-order valence-corrected chi connectivity index (χ4v) is 5.38. The van der Waals surface area contributed by atoms with E-state index in [1.165, 1.54) is 25.7 Å². The van der Waals surface area contributed by atoms with Crippen molar-refractivity contribution in [3.8, 4) is 22.5 Å². The van der Waals surface area contributed by atoms with Crippen molar-refractivity contribution in [2.45, 2.75) is 52.6 Å². The minimum Gasteiger partial charge on any atom is -0.397 e. The van der Waals surface area contributed by atoms with Crippen molar-refractivity contribution in [2.75, 3.05) is 17.6 Å². The quantitative estimate of drug-likeness (QED) is 0.230. The topological polar surface area (TPSA) is 114 Å². The first-order valence-corrected chi connectivity index (χ1v) is 14.5. The molecular formula is C33H38N8. The second-order valence-electron chi connectivity index (χ2n) is 10.2. The number of hydrogen-bond donors (Lipinski definition) is 3.